The van der Waals surface area contributed by atoms with Gasteiger partial charge in [0.15, 0.2) is 0 Å². The van der Waals surface area contributed by atoms with Gasteiger partial charge in [0.1, 0.15) is 5.82 Å². The fourth-order valence-corrected chi connectivity index (χ4v) is 0.922. The SMILES string of the molecule is NC(=O)C#Cc1ccc(C(F)(F)F)cc1F. The molecule has 0 unspecified atom stereocenters. The van der Waals surface area contributed by atoms with Crippen LogP contribution in [0.25, 0.3) is 0 Å². The van der Waals surface area contributed by atoms with E-state index in [2.05, 4.69) is 5.73 Å². The third kappa shape index (κ3) is 2.98. The molecule has 1 aromatic carbocycles. The van der Waals surface area contributed by atoms with E-state index in [0.29, 0.717) is 12.1 Å². The molecule has 1 amide bonds. The predicted molar refractivity (Wildman–Crippen MR) is 47.5 cm³/mol. The Labute approximate surface area is 88.1 Å². The van der Waals surface area contributed by atoms with Crippen LogP contribution in [0.1, 0.15) is 11.1 Å². The first-order valence-electron chi connectivity index (χ1n) is 3.99. The second-order valence-electron chi connectivity index (χ2n) is 2.81. The Morgan fingerprint density at radius 1 is 1.31 bits per heavy atom. The molecule has 0 spiro atoms. The zero-order valence-corrected chi connectivity index (χ0v) is 7.73. The highest BCUT2D eigenvalue weighted by molar-refractivity contribution is 5.92. The Bertz CT molecular complexity index is 482. The number of halogens is 4. The molecule has 0 aliphatic rings. The van der Waals surface area contributed by atoms with Crippen LogP contribution in [0.15, 0.2) is 18.2 Å². The zero-order valence-electron chi connectivity index (χ0n) is 7.73. The van der Waals surface area contributed by atoms with Gasteiger partial charge in [0.2, 0.25) is 0 Å². The number of benzene rings is 1. The molecule has 0 saturated heterocycles. The third-order valence-electron chi connectivity index (χ3n) is 1.62. The molecular weight excluding hydrogens is 226 g/mol. The molecule has 6 heteroatoms. The van der Waals surface area contributed by atoms with E-state index in [9.17, 15) is 22.4 Å². The van der Waals surface area contributed by atoms with Gasteiger partial charge in [-0.05, 0) is 18.2 Å². The molecular formula is C10H5F4NO. The Morgan fingerprint density at radius 3 is 2.38 bits per heavy atom. The lowest BCUT2D eigenvalue weighted by molar-refractivity contribution is -0.137. The van der Waals surface area contributed by atoms with Gasteiger partial charge < -0.3 is 5.73 Å². The van der Waals surface area contributed by atoms with Crippen molar-refractivity contribution < 1.29 is 22.4 Å². The molecule has 0 fully saturated rings. The number of alkyl halides is 3. The van der Waals surface area contributed by atoms with Gasteiger partial charge in [0.05, 0.1) is 11.1 Å². The van der Waals surface area contributed by atoms with Crippen LogP contribution in [-0.4, -0.2) is 5.91 Å². The summed E-state index contributed by atoms with van der Waals surface area (Å²) in [6, 6.07) is 1.83. The summed E-state index contributed by atoms with van der Waals surface area (Å²) in [6.45, 7) is 0. The van der Waals surface area contributed by atoms with E-state index in [-0.39, 0.29) is 5.56 Å². The third-order valence-corrected chi connectivity index (χ3v) is 1.62. The number of rotatable bonds is 0. The molecule has 2 N–H and O–H groups in total. The summed E-state index contributed by atoms with van der Waals surface area (Å²) in [5, 5.41) is 0. The highest BCUT2D eigenvalue weighted by Gasteiger charge is 2.30. The lowest BCUT2D eigenvalue weighted by atomic mass is 10.1. The van der Waals surface area contributed by atoms with Crippen LogP contribution in [0, 0.1) is 17.7 Å². The number of hydrogen-bond donors (Lipinski definition) is 1. The van der Waals surface area contributed by atoms with Gasteiger partial charge in [0, 0.05) is 5.92 Å². The van der Waals surface area contributed by atoms with Crippen molar-refractivity contribution in [1.82, 2.24) is 0 Å². The molecule has 0 bridgehead atoms. The normalized spacial score (nSPS) is 10.5. The molecule has 0 heterocycles. The van der Waals surface area contributed by atoms with Crippen LogP contribution in [0.5, 0.6) is 0 Å². The lowest BCUT2D eigenvalue weighted by Gasteiger charge is -2.06. The van der Waals surface area contributed by atoms with E-state index >= 15 is 0 Å². The number of carbonyl (C=O) groups excluding carboxylic acids is 1. The number of nitrogens with two attached hydrogens (primary N) is 1. The van der Waals surface area contributed by atoms with Crippen molar-refractivity contribution >= 4 is 5.91 Å². The Balaban J connectivity index is 3.12. The Kier molecular flexibility index (Phi) is 3.18. The molecule has 2 nitrogen and oxygen atoms in total. The fraction of sp³-hybridized carbons (Fsp3) is 0.100. The zero-order chi connectivity index (χ0) is 12.3. The minimum atomic E-state index is -4.61. The van der Waals surface area contributed by atoms with Gasteiger partial charge in [-0.3, -0.25) is 4.79 Å². The quantitative estimate of drug-likeness (QED) is 0.535. The van der Waals surface area contributed by atoms with Crippen LogP contribution in [0.2, 0.25) is 0 Å². The summed E-state index contributed by atoms with van der Waals surface area (Å²) in [7, 11) is 0. The molecule has 0 aromatic heterocycles. The van der Waals surface area contributed by atoms with Crippen molar-refractivity contribution in [1.29, 1.82) is 0 Å². The van der Waals surface area contributed by atoms with Crippen LogP contribution in [-0.2, 0) is 11.0 Å². The fourth-order valence-electron chi connectivity index (χ4n) is 0.922. The van der Waals surface area contributed by atoms with Gasteiger partial charge >= 0.3 is 6.18 Å². The summed E-state index contributed by atoms with van der Waals surface area (Å²) >= 11 is 0. The first-order valence-corrected chi connectivity index (χ1v) is 3.99. The second kappa shape index (κ2) is 4.23. The van der Waals surface area contributed by atoms with Gasteiger partial charge in [-0.25, -0.2) is 4.39 Å². The number of hydrogen-bond acceptors (Lipinski definition) is 1. The van der Waals surface area contributed by atoms with Crippen LogP contribution in [0.4, 0.5) is 17.6 Å². The maximum absolute atomic E-state index is 13.1. The standard InChI is InChI=1S/C10H5F4NO/c11-8-5-7(10(12,13)14)3-1-6(8)2-4-9(15)16/h1,3,5H,(H2,15,16). The molecule has 1 aromatic rings. The van der Waals surface area contributed by atoms with Gasteiger partial charge in [-0.1, -0.05) is 5.92 Å². The highest BCUT2D eigenvalue weighted by Crippen LogP contribution is 2.29. The second-order valence-corrected chi connectivity index (χ2v) is 2.81. The molecule has 84 valence electrons. The summed E-state index contributed by atoms with van der Waals surface area (Å²) in [5.74, 6) is 1.72. The van der Waals surface area contributed by atoms with E-state index in [1.807, 2.05) is 11.8 Å². The average molecular weight is 231 g/mol. The van der Waals surface area contributed by atoms with E-state index in [4.69, 9.17) is 0 Å². The van der Waals surface area contributed by atoms with Crippen molar-refractivity contribution in [2.24, 2.45) is 5.73 Å². The Hall–Kier alpha value is -2.03. The van der Waals surface area contributed by atoms with Crippen molar-refractivity contribution in [3.63, 3.8) is 0 Å². The van der Waals surface area contributed by atoms with Gasteiger partial charge in [-0.2, -0.15) is 13.2 Å². The molecule has 16 heavy (non-hydrogen) atoms. The van der Waals surface area contributed by atoms with E-state index < -0.39 is 23.5 Å². The van der Waals surface area contributed by atoms with Crippen molar-refractivity contribution in [2.45, 2.75) is 6.18 Å². The van der Waals surface area contributed by atoms with Crippen LogP contribution < -0.4 is 5.73 Å². The van der Waals surface area contributed by atoms with Gasteiger partial charge in [0.25, 0.3) is 5.91 Å². The minimum absolute atomic E-state index is 0.311. The monoisotopic (exact) mass is 231 g/mol. The summed E-state index contributed by atoms with van der Waals surface area (Å²) in [5.41, 5.74) is 3.25. The van der Waals surface area contributed by atoms with Crippen molar-refractivity contribution in [2.75, 3.05) is 0 Å². The van der Waals surface area contributed by atoms with Crippen molar-refractivity contribution in [3.05, 3.63) is 35.1 Å². The lowest BCUT2D eigenvalue weighted by Crippen LogP contribution is -2.07. The maximum Gasteiger partial charge on any atom is 0.416 e. The average Bonchev–Trinajstić information content (AvgIpc) is 2.14. The van der Waals surface area contributed by atoms with E-state index in [0.717, 1.165) is 6.07 Å². The summed E-state index contributed by atoms with van der Waals surface area (Å²) < 4.78 is 49.5. The highest BCUT2D eigenvalue weighted by atomic mass is 19.4. The van der Waals surface area contributed by atoms with E-state index in [1.165, 1.54) is 0 Å². The topological polar surface area (TPSA) is 43.1 Å². The largest absolute Gasteiger partial charge is 0.416 e. The first-order chi connectivity index (χ1) is 7.30. The number of primary amides is 1. The smallest absolute Gasteiger partial charge is 0.359 e. The maximum atomic E-state index is 13.1. The molecule has 0 atom stereocenters. The minimum Gasteiger partial charge on any atom is -0.359 e. The first kappa shape index (κ1) is 12.0. The molecule has 0 radical (unpaired) electrons. The number of amides is 1. The van der Waals surface area contributed by atoms with E-state index in [1.54, 1.807) is 0 Å². The molecule has 1 rings (SSSR count). The summed E-state index contributed by atoms with van der Waals surface area (Å²) in [4.78, 5) is 10.3. The van der Waals surface area contributed by atoms with Crippen LogP contribution in [0.3, 0.4) is 0 Å². The van der Waals surface area contributed by atoms with Crippen LogP contribution >= 0.6 is 0 Å². The number of carbonyl (C=O) groups is 1. The van der Waals surface area contributed by atoms with Gasteiger partial charge in [-0.15, -0.1) is 0 Å². The summed E-state index contributed by atoms with van der Waals surface area (Å²) in [6.07, 6.45) is -4.61. The Morgan fingerprint density at radius 2 is 1.94 bits per heavy atom. The predicted octanol–water partition coefficient (Wildman–Crippen LogP) is 1.68. The molecule has 0 saturated carbocycles. The molecule has 0 aliphatic carbocycles. The van der Waals surface area contributed by atoms with Crippen molar-refractivity contribution in [3.8, 4) is 11.8 Å². The molecule has 0 aliphatic heterocycles.